The lowest BCUT2D eigenvalue weighted by atomic mass is 10.3. The van der Waals surface area contributed by atoms with Crippen LogP contribution >= 0.6 is 0 Å². The van der Waals surface area contributed by atoms with Gasteiger partial charge in [-0.1, -0.05) is 6.07 Å². The maximum Gasteiger partial charge on any atom is 0.322 e. The second-order valence-electron chi connectivity index (χ2n) is 3.99. The topological polar surface area (TPSA) is 50.8 Å². The van der Waals surface area contributed by atoms with E-state index < -0.39 is 0 Å². The quantitative estimate of drug-likeness (QED) is 0.892. The summed E-state index contributed by atoms with van der Waals surface area (Å²) in [5, 5.41) is 2.86. The van der Waals surface area contributed by atoms with Crippen LogP contribution in [0, 0.1) is 0 Å². The van der Waals surface area contributed by atoms with E-state index in [2.05, 4.69) is 5.32 Å². The number of morpholine rings is 1. The Morgan fingerprint density at radius 2 is 2.22 bits per heavy atom. The summed E-state index contributed by atoms with van der Waals surface area (Å²) in [5.41, 5.74) is 0.748. The van der Waals surface area contributed by atoms with Gasteiger partial charge in [-0.25, -0.2) is 4.79 Å². The molecule has 5 heteroatoms. The Labute approximate surface area is 107 Å². The van der Waals surface area contributed by atoms with Gasteiger partial charge in [-0.05, 0) is 19.1 Å². The van der Waals surface area contributed by atoms with Gasteiger partial charge >= 0.3 is 6.03 Å². The molecule has 1 aliphatic heterocycles. The highest BCUT2D eigenvalue weighted by atomic mass is 16.5. The van der Waals surface area contributed by atoms with Crippen LogP contribution in [-0.4, -0.2) is 43.8 Å². The van der Waals surface area contributed by atoms with Gasteiger partial charge in [-0.15, -0.1) is 0 Å². The van der Waals surface area contributed by atoms with Gasteiger partial charge in [-0.2, -0.15) is 0 Å². The number of nitrogens with one attached hydrogen (secondary N) is 1. The SMILES string of the molecule is CCOc1cccc(NC(=O)N2CCOCC2)c1. The molecule has 0 spiro atoms. The molecule has 1 aromatic carbocycles. The molecule has 1 aromatic rings. The molecular formula is C13H18N2O3. The number of hydrogen-bond donors (Lipinski definition) is 1. The molecule has 0 aliphatic carbocycles. The highest BCUT2D eigenvalue weighted by Crippen LogP contribution is 2.17. The molecule has 2 rings (SSSR count). The molecule has 1 aliphatic rings. The lowest BCUT2D eigenvalue weighted by Crippen LogP contribution is -2.43. The van der Waals surface area contributed by atoms with Gasteiger partial charge in [0.2, 0.25) is 0 Å². The highest BCUT2D eigenvalue weighted by Gasteiger charge is 2.16. The lowest BCUT2D eigenvalue weighted by Gasteiger charge is -2.26. The molecule has 18 heavy (non-hydrogen) atoms. The van der Waals surface area contributed by atoms with Crippen molar-refractivity contribution in [3.05, 3.63) is 24.3 Å². The first kappa shape index (κ1) is 12.7. The molecule has 0 aromatic heterocycles. The van der Waals surface area contributed by atoms with E-state index in [-0.39, 0.29) is 6.03 Å². The Morgan fingerprint density at radius 3 is 2.94 bits per heavy atom. The van der Waals surface area contributed by atoms with E-state index in [4.69, 9.17) is 9.47 Å². The second kappa shape index (κ2) is 6.26. The summed E-state index contributed by atoms with van der Waals surface area (Å²) >= 11 is 0. The smallest absolute Gasteiger partial charge is 0.322 e. The van der Waals surface area contributed by atoms with Gasteiger partial charge in [0.15, 0.2) is 0 Å². The third-order valence-electron chi connectivity index (χ3n) is 2.69. The number of urea groups is 1. The number of carbonyl (C=O) groups is 1. The number of benzene rings is 1. The third-order valence-corrected chi connectivity index (χ3v) is 2.69. The minimum Gasteiger partial charge on any atom is -0.494 e. The van der Waals surface area contributed by atoms with E-state index in [1.54, 1.807) is 4.90 Å². The first-order chi connectivity index (χ1) is 8.79. The van der Waals surface area contributed by atoms with Gasteiger partial charge in [0.05, 0.1) is 19.8 Å². The number of amides is 2. The number of hydrogen-bond acceptors (Lipinski definition) is 3. The molecule has 98 valence electrons. The van der Waals surface area contributed by atoms with Gasteiger partial charge in [0.25, 0.3) is 0 Å². The van der Waals surface area contributed by atoms with E-state index in [1.807, 2.05) is 31.2 Å². The predicted octanol–water partition coefficient (Wildman–Crippen LogP) is 1.95. The van der Waals surface area contributed by atoms with Crippen LogP contribution in [0.4, 0.5) is 10.5 Å². The monoisotopic (exact) mass is 250 g/mol. The minimum atomic E-state index is -0.0908. The fourth-order valence-corrected chi connectivity index (χ4v) is 1.80. The minimum absolute atomic E-state index is 0.0908. The van der Waals surface area contributed by atoms with Crippen LogP contribution in [0.3, 0.4) is 0 Å². The zero-order valence-corrected chi connectivity index (χ0v) is 10.5. The Morgan fingerprint density at radius 1 is 1.44 bits per heavy atom. The zero-order chi connectivity index (χ0) is 12.8. The predicted molar refractivity (Wildman–Crippen MR) is 69.0 cm³/mol. The fraction of sp³-hybridized carbons (Fsp3) is 0.462. The number of anilines is 1. The Balaban J connectivity index is 1.95. The van der Waals surface area contributed by atoms with Crippen molar-refractivity contribution >= 4 is 11.7 Å². The van der Waals surface area contributed by atoms with Crippen LogP contribution in [0.25, 0.3) is 0 Å². The molecule has 5 nitrogen and oxygen atoms in total. The van der Waals surface area contributed by atoms with E-state index in [0.717, 1.165) is 11.4 Å². The van der Waals surface area contributed by atoms with E-state index in [0.29, 0.717) is 32.9 Å². The fourth-order valence-electron chi connectivity index (χ4n) is 1.80. The van der Waals surface area contributed by atoms with Crippen molar-refractivity contribution in [2.75, 3.05) is 38.2 Å². The summed E-state index contributed by atoms with van der Waals surface area (Å²) in [4.78, 5) is 13.7. The summed E-state index contributed by atoms with van der Waals surface area (Å²) in [6, 6.07) is 7.31. The number of ether oxygens (including phenoxy) is 2. The summed E-state index contributed by atoms with van der Waals surface area (Å²) in [6.45, 7) is 5.02. The van der Waals surface area contributed by atoms with E-state index in [1.165, 1.54) is 0 Å². The van der Waals surface area contributed by atoms with Crippen LogP contribution in [0.1, 0.15) is 6.92 Å². The first-order valence-corrected chi connectivity index (χ1v) is 6.16. The van der Waals surface area contributed by atoms with Crippen LogP contribution < -0.4 is 10.1 Å². The van der Waals surface area contributed by atoms with Crippen molar-refractivity contribution in [2.24, 2.45) is 0 Å². The molecule has 0 unspecified atom stereocenters. The molecule has 0 atom stereocenters. The molecular weight excluding hydrogens is 232 g/mol. The van der Waals surface area contributed by atoms with Crippen LogP contribution in [0.15, 0.2) is 24.3 Å². The van der Waals surface area contributed by atoms with E-state index >= 15 is 0 Å². The maximum atomic E-state index is 12.0. The number of nitrogens with zero attached hydrogens (tertiary/aromatic N) is 1. The number of carbonyl (C=O) groups excluding carboxylic acids is 1. The van der Waals surface area contributed by atoms with Crippen LogP contribution in [-0.2, 0) is 4.74 Å². The molecule has 1 saturated heterocycles. The Kier molecular flexibility index (Phi) is 4.41. The van der Waals surface area contributed by atoms with Crippen LogP contribution in [0.5, 0.6) is 5.75 Å². The summed E-state index contributed by atoms with van der Waals surface area (Å²) < 4.78 is 10.6. The summed E-state index contributed by atoms with van der Waals surface area (Å²) in [7, 11) is 0. The Hall–Kier alpha value is -1.75. The standard InChI is InChI=1S/C13H18N2O3/c1-2-18-12-5-3-4-11(10-12)14-13(16)15-6-8-17-9-7-15/h3-5,10H,2,6-9H2,1H3,(H,14,16). The Bertz CT molecular complexity index is 403. The summed E-state index contributed by atoms with van der Waals surface area (Å²) in [6.07, 6.45) is 0. The van der Waals surface area contributed by atoms with Gasteiger partial charge in [-0.3, -0.25) is 0 Å². The average Bonchev–Trinajstić information content (AvgIpc) is 2.40. The summed E-state index contributed by atoms with van der Waals surface area (Å²) in [5.74, 6) is 0.761. The normalized spacial score (nSPS) is 15.3. The molecule has 0 saturated carbocycles. The van der Waals surface area contributed by atoms with Crippen molar-refractivity contribution in [3.8, 4) is 5.75 Å². The van der Waals surface area contributed by atoms with Crippen molar-refractivity contribution < 1.29 is 14.3 Å². The molecule has 1 N–H and O–H groups in total. The van der Waals surface area contributed by atoms with Crippen molar-refractivity contribution in [3.63, 3.8) is 0 Å². The van der Waals surface area contributed by atoms with Crippen LogP contribution in [0.2, 0.25) is 0 Å². The van der Waals surface area contributed by atoms with Gasteiger partial charge in [0, 0.05) is 24.8 Å². The van der Waals surface area contributed by atoms with Crippen molar-refractivity contribution in [2.45, 2.75) is 6.92 Å². The third kappa shape index (κ3) is 3.37. The molecule has 0 bridgehead atoms. The number of rotatable bonds is 3. The molecule has 1 heterocycles. The maximum absolute atomic E-state index is 12.0. The van der Waals surface area contributed by atoms with E-state index in [9.17, 15) is 4.79 Å². The lowest BCUT2D eigenvalue weighted by molar-refractivity contribution is 0.0564. The van der Waals surface area contributed by atoms with Gasteiger partial charge < -0.3 is 19.7 Å². The van der Waals surface area contributed by atoms with Crippen molar-refractivity contribution in [1.82, 2.24) is 4.90 Å². The van der Waals surface area contributed by atoms with Gasteiger partial charge in [0.1, 0.15) is 5.75 Å². The largest absolute Gasteiger partial charge is 0.494 e. The van der Waals surface area contributed by atoms with Crippen molar-refractivity contribution in [1.29, 1.82) is 0 Å². The average molecular weight is 250 g/mol. The highest BCUT2D eigenvalue weighted by molar-refractivity contribution is 5.89. The molecule has 1 fully saturated rings. The zero-order valence-electron chi connectivity index (χ0n) is 10.5. The molecule has 0 radical (unpaired) electrons. The first-order valence-electron chi connectivity index (χ1n) is 6.16. The second-order valence-corrected chi connectivity index (χ2v) is 3.99. The molecule has 2 amide bonds.